The summed E-state index contributed by atoms with van der Waals surface area (Å²) in [5.74, 6) is 0.166. The van der Waals surface area contributed by atoms with Gasteiger partial charge in [-0.3, -0.25) is 4.79 Å². The number of hydrogen-bond acceptors (Lipinski definition) is 4. The number of nitrogens with two attached hydrogens (primary N) is 1. The average molecular weight is 352 g/mol. The topological polar surface area (TPSA) is 80.9 Å². The SMILES string of the molecule is CC(C)[C@@H](N)C(=O)Nc1ncc(Br)nc1Br. The van der Waals surface area contributed by atoms with Gasteiger partial charge in [-0.1, -0.05) is 13.8 Å². The lowest BCUT2D eigenvalue weighted by Crippen LogP contribution is -2.40. The molecule has 1 heterocycles. The largest absolute Gasteiger partial charge is 0.320 e. The molecule has 7 heteroatoms. The first-order chi connectivity index (χ1) is 7.41. The van der Waals surface area contributed by atoms with E-state index in [4.69, 9.17) is 5.73 Å². The van der Waals surface area contributed by atoms with Gasteiger partial charge in [-0.2, -0.15) is 0 Å². The number of nitrogens with zero attached hydrogens (tertiary/aromatic N) is 2. The van der Waals surface area contributed by atoms with E-state index in [0.29, 0.717) is 15.0 Å². The average Bonchev–Trinajstić information content (AvgIpc) is 2.20. The molecule has 1 aromatic rings. The summed E-state index contributed by atoms with van der Waals surface area (Å²) in [5.41, 5.74) is 5.70. The summed E-state index contributed by atoms with van der Waals surface area (Å²) < 4.78 is 1.05. The Balaban J connectivity index is 2.77. The molecule has 16 heavy (non-hydrogen) atoms. The monoisotopic (exact) mass is 350 g/mol. The minimum absolute atomic E-state index is 0.0715. The molecule has 1 rings (SSSR count). The van der Waals surface area contributed by atoms with Crippen molar-refractivity contribution in [2.75, 3.05) is 5.32 Å². The molecule has 0 unspecified atom stereocenters. The number of nitrogens with one attached hydrogen (secondary N) is 1. The van der Waals surface area contributed by atoms with Gasteiger partial charge in [0.15, 0.2) is 5.82 Å². The van der Waals surface area contributed by atoms with Gasteiger partial charge < -0.3 is 11.1 Å². The van der Waals surface area contributed by atoms with Crippen LogP contribution in [0.3, 0.4) is 0 Å². The minimum atomic E-state index is -0.558. The number of carbonyl (C=O) groups is 1. The summed E-state index contributed by atoms with van der Waals surface area (Å²) in [4.78, 5) is 19.7. The van der Waals surface area contributed by atoms with Crippen molar-refractivity contribution in [1.29, 1.82) is 0 Å². The van der Waals surface area contributed by atoms with E-state index in [9.17, 15) is 4.79 Å². The molecule has 0 fully saturated rings. The summed E-state index contributed by atoms with van der Waals surface area (Å²) in [5, 5.41) is 2.61. The zero-order valence-electron chi connectivity index (χ0n) is 8.87. The highest BCUT2D eigenvalue weighted by atomic mass is 79.9. The second-order valence-electron chi connectivity index (χ2n) is 3.59. The van der Waals surface area contributed by atoms with Crippen LogP contribution in [-0.2, 0) is 4.79 Å². The Morgan fingerprint density at radius 2 is 2.12 bits per heavy atom. The van der Waals surface area contributed by atoms with Crippen molar-refractivity contribution in [2.45, 2.75) is 19.9 Å². The quantitative estimate of drug-likeness (QED) is 0.871. The van der Waals surface area contributed by atoms with E-state index in [1.807, 2.05) is 13.8 Å². The Hall–Kier alpha value is -0.530. The molecule has 3 N–H and O–H groups in total. The van der Waals surface area contributed by atoms with Crippen LogP contribution in [0.4, 0.5) is 5.82 Å². The number of carbonyl (C=O) groups excluding carboxylic acids is 1. The van der Waals surface area contributed by atoms with Crippen LogP contribution in [0.1, 0.15) is 13.8 Å². The molecule has 0 aliphatic carbocycles. The van der Waals surface area contributed by atoms with Crippen LogP contribution in [0.25, 0.3) is 0 Å². The van der Waals surface area contributed by atoms with E-state index in [2.05, 4.69) is 47.1 Å². The third-order valence-electron chi connectivity index (χ3n) is 1.96. The Kier molecular flexibility index (Phi) is 4.82. The molecule has 1 aromatic heterocycles. The third kappa shape index (κ3) is 3.50. The molecule has 0 bridgehead atoms. The summed E-state index contributed by atoms with van der Waals surface area (Å²) in [6.45, 7) is 3.76. The molecular weight excluding hydrogens is 340 g/mol. The van der Waals surface area contributed by atoms with Crippen LogP contribution in [0, 0.1) is 5.92 Å². The van der Waals surface area contributed by atoms with Crippen molar-refractivity contribution in [3.63, 3.8) is 0 Å². The van der Waals surface area contributed by atoms with Crippen molar-refractivity contribution >= 4 is 43.6 Å². The highest BCUT2D eigenvalue weighted by molar-refractivity contribution is 9.11. The zero-order valence-corrected chi connectivity index (χ0v) is 12.0. The fourth-order valence-electron chi connectivity index (χ4n) is 0.933. The van der Waals surface area contributed by atoms with Crippen molar-refractivity contribution in [3.8, 4) is 0 Å². The molecule has 1 atom stereocenters. The van der Waals surface area contributed by atoms with E-state index in [1.54, 1.807) is 0 Å². The molecule has 0 radical (unpaired) electrons. The van der Waals surface area contributed by atoms with Gasteiger partial charge in [0, 0.05) is 0 Å². The van der Waals surface area contributed by atoms with Gasteiger partial charge >= 0.3 is 0 Å². The zero-order chi connectivity index (χ0) is 12.3. The highest BCUT2D eigenvalue weighted by Gasteiger charge is 2.18. The molecule has 88 valence electrons. The van der Waals surface area contributed by atoms with Gasteiger partial charge in [-0.15, -0.1) is 0 Å². The maximum atomic E-state index is 11.7. The number of amides is 1. The molecule has 0 saturated heterocycles. The van der Waals surface area contributed by atoms with E-state index in [0.717, 1.165) is 0 Å². The predicted molar refractivity (Wildman–Crippen MR) is 68.9 cm³/mol. The third-order valence-corrected chi connectivity index (χ3v) is 2.90. The van der Waals surface area contributed by atoms with Crippen molar-refractivity contribution in [3.05, 3.63) is 15.4 Å². The van der Waals surface area contributed by atoms with Gasteiger partial charge in [0.25, 0.3) is 0 Å². The fourth-order valence-corrected chi connectivity index (χ4v) is 1.84. The molecule has 0 saturated carbocycles. The summed E-state index contributed by atoms with van der Waals surface area (Å²) in [6.07, 6.45) is 1.50. The highest BCUT2D eigenvalue weighted by Crippen LogP contribution is 2.19. The van der Waals surface area contributed by atoms with Crippen molar-refractivity contribution < 1.29 is 4.79 Å². The second-order valence-corrected chi connectivity index (χ2v) is 5.15. The van der Waals surface area contributed by atoms with Crippen LogP contribution in [-0.4, -0.2) is 21.9 Å². The normalized spacial score (nSPS) is 12.6. The van der Waals surface area contributed by atoms with Crippen LogP contribution in [0.5, 0.6) is 0 Å². The fraction of sp³-hybridized carbons (Fsp3) is 0.444. The first-order valence-corrected chi connectivity index (χ1v) is 6.25. The lowest BCUT2D eigenvalue weighted by Gasteiger charge is -2.15. The van der Waals surface area contributed by atoms with E-state index < -0.39 is 6.04 Å². The molecular formula is C9H12Br2N4O. The van der Waals surface area contributed by atoms with Crippen molar-refractivity contribution in [1.82, 2.24) is 9.97 Å². The number of hydrogen-bond donors (Lipinski definition) is 2. The van der Waals surface area contributed by atoms with E-state index >= 15 is 0 Å². The molecule has 0 aromatic carbocycles. The second kappa shape index (κ2) is 5.70. The van der Waals surface area contributed by atoms with Crippen LogP contribution in [0.15, 0.2) is 15.4 Å². The van der Waals surface area contributed by atoms with E-state index in [-0.39, 0.29) is 11.8 Å². The predicted octanol–water partition coefficient (Wildman–Crippen LogP) is 1.92. The maximum Gasteiger partial charge on any atom is 0.242 e. The first kappa shape index (κ1) is 13.5. The number of rotatable bonds is 3. The van der Waals surface area contributed by atoms with Gasteiger partial charge in [-0.05, 0) is 37.8 Å². The van der Waals surface area contributed by atoms with E-state index in [1.165, 1.54) is 6.20 Å². The standard InChI is InChI=1S/C9H12Br2N4O/c1-4(2)6(12)9(16)15-8-7(11)14-5(10)3-13-8/h3-4,6H,12H2,1-2H3,(H,13,15,16)/t6-/m1/s1. The van der Waals surface area contributed by atoms with Gasteiger partial charge in [0.1, 0.15) is 9.21 Å². The lowest BCUT2D eigenvalue weighted by atomic mass is 10.1. The van der Waals surface area contributed by atoms with Crippen molar-refractivity contribution in [2.24, 2.45) is 11.7 Å². The van der Waals surface area contributed by atoms with Crippen LogP contribution in [0.2, 0.25) is 0 Å². The molecule has 1 amide bonds. The molecule has 0 aliphatic rings. The number of anilines is 1. The molecule has 5 nitrogen and oxygen atoms in total. The Labute approximate surface area is 110 Å². The summed E-state index contributed by atoms with van der Waals surface area (Å²) in [7, 11) is 0. The van der Waals surface area contributed by atoms with Crippen LogP contribution >= 0.6 is 31.9 Å². The van der Waals surface area contributed by atoms with Crippen LogP contribution < -0.4 is 11.1 Å². The Morgan fingerprint density at radius 1 is 1.50 bits per heavy atom. The Bertz CT molecular complexity index is 397. The lowest BCUT2D eigenvalue weighted by molar-refractivity contribution is -0.118. The minimum Gasteiger partial charge on any atom is -0.320 e. The van der Waals surface area contributed by atoms with Gasteiger partial charge in [0.05, 0.1) is 12.2 Å². The Morgan fingerprint density at radius 3 is 2.62 bits per heavy atom. The number of halogens is 2. The smallest absolute Gasteiger partial charge is 0.242 e. The van der Waals surface area contributed by atoms with Gasteiger partial charge in [-0.25, -0.2) is 9.97 Å². The summed E-state index contributed by atoms with van der Waals surface area (Å²) in [6, 6.07) is -0.558. The first-order valence-electron chi connectivity index (χ1n) is 4.66. The summed E-state index contributed by atoms with van der Waals surface area (Å²) >= 11 is 6.38. The van der Waals surface area contributed by atoms with Gasteiger partial charge in [0.2, 0.25) is 5.91 Å². The maximum absolute atomic E-state index is 11.7. The number of aromatic nitrogens is 2. The molecule has 0 spiro atoms. The molecule has 0 aliphatic heterocycles.